The van der Waals surface area contributed by atoms with Gasteiger partial charge < -0.3 is 9.47 Å². The summed E-state index contributed by atoms with van der Waals surface area (Å²) in [6, 6.07) is 13.8. The molecule has 0 aliphatic rings. The van der Waals surface area contributed by atoms with Gasteiger partial charge in [0.2, 0.25) is 0 Å². The topological polar surface area (TPSA) is 35.5 Å². The third-order valence-corrected chi connectivity index (χ3v) is 4.28. The average molecular weight is 350 g/mol. The molecule has 0 bridgehead atoms. The summed E-state index contributed by atoms with van der Waals surface area (Å²) in [4.78, 5) is 11.6. The van der Waals surface area contributed by atoms with Crippen LogP contribution >= 0.6 is 0 Å². The minimum absolute atomic E-state index is 0.276. The standard InChI is InChI=1S/C23H26O3/c1-7-14-25-21-15-17(4)8-13-20(21)23(5,6)18-9-11-19(12-10-18)26-22(24)16(2)3/h7-15H,2H2,1,3-6H3. The van der Waals surface area contributed by atoms with Crippen molar-refractivity contribution in [3.63, 3.8) is 0 Å². The second-order valence-electron chi connectivity index (χ2n) is 6.91. The molecule has 0 spiro atoms. The molecule has 2 rings (SSSR count). The highest BCUT2D eigenvalue weighted by atomic mass is 16.5. The van der Waals surface area contributed by atoms with Crippen LogP contribution in [-0.2, 0) is 10.2 Å². The van der Waals surface area contributed by atoms with Crippen molar-refractivity contribution in [2.45, 2.75) is 40.0 Å². The van der Waals surface area contributed by atoms with Crippen molar-refractivity contribution >= 4 is 5.97 Å². The van der Waals surface area contributed by atoms with E-state index < -0.39 is 5.97 Å². The second-order valence-corrected chi connectivity index (χ2v) is 6.91. The van der Waals surface area contributed by atoms with Crippen molar-refractivity contribution in [1.82, 2.24) is 0 Å². The maximum absolute atomic E-state index is 11.6. The first-order valence-corrected chi connectivity index (χ1v) is 8.63. The van der Waals surface area contributed by atoms with Crippen LogP contribution in [-0.4, -0.2) is 5.97 Å². The van der Waals surface area contributed by atoms with Gasteiger partial charge in [-0.15, -0.1) is 0 Å². The van der Waals surface area contributed by atoms with Crippen molar-refractivity contribution in [3.8, 4) is 11.5 Å². The van der Waals surface area contributed by atoms with Crippen LogP contribution in [0.25, 0.3) is 0 Å². The van der Waals surface area contributed by atoms with Gasteiger partial charge >= 0.3 is 5.97 Å². The van der Waals surface area contributed by atoms with Gasteiger partial charge in [0.1, 0.15) is 11.5 Å². The zero-order chi connectivity index (χ0) is 19.3. The van der Waals surface area contributed by atoms with Crippen molar-refractivity contribution in [1.29, 1.82) is 0 Å². The number of hydrogen-bond acceptors (Lipinski definition) is 3. The Balaban J connectivity index is 2.35. The van der Waals surface area contributed by atoms with E-state index in [0.29, 0.717) is 11.3 Å². The average Bonchev–Trinajstić information content (AvgIpc) is 2.60. The predicted molar refractivity (Wildman–Crippen MR) is 106 cm³/mol. The van der Waals surface area contributed by atoms with Gasteiger partial charge in [-0.2, -0.15) is 0 Å². The summed E-state index contributed by atoms with van der Waals surface area (Å²) in [5.74, 6) is 0.926. The molecule has 3 nitrogen and oxygen atoms in total. The molecule has 0 aliphatic carbocycles. The van der Waals surface area contributed by atoms with E-state index in [4.69, 9.17) is 9.47 Å². The molecule has 2 aromatic rings. The zero-order valence-electron chi connectivity index (χ0n) is 16.1. The van der Waals surface area contributed by atoms with Gasteiger partial charge in [-0.1, -0.05) is 50.8 Å². The molecule has 0 unspecified atom stereocenters. The smallest absolute Gasteiger partial charge is 0.338 e. The van der Waals surface area contributed by atoms with Gasteiger partial charge in [-0.3, -0.25) is 0 Å². The fraction of sp³-hybridized carbons (Fsp3) is 0.261. The fourth-order valence-corrected chi connectivity index (χ4v) is 2.67. The lowest BCUT2D eigenvalue weighted by Crippen LogP contribution is -2.20. The Morgan fingerprint density at radius 1 is 1.12 bits per heavy atom. The highest BCUT2D eigenvalue weighted by Gasteiger charge is 2.27. The molecule has 0 N–H and O–H groups in total. The maximum Gasteiger partial charge on any atom is 0.338 e. The highest BCUT2D eigenvalue weighted by molar-refractivity contribution is 5.88. The lowest BCUT2D eigenvalue weighted by molar-refractivity contribution is -0.130. The number of ether oxygens (including phenoxy) is 2. The third kappa shape index (κ3) is 4.42. The summed E-state index contributed by atoms with van der Waals surface area (Å²) in [5.41, 5.74) is 3.43. The molecular formula is C23H26O3. The number of hydrogen-bond donors (Lipinski definition) is 0. The highest BCUT2D eigenvalue weighted by Crippen LogP contribution is 2.38. The second kappa shape index (κ2) is 8.05. The predicted octanol–water partition coefficient (Wildman–Crippen LogP) is 5.71. The van der Waals surface area contributed by atoms with Gasteiger partial charge in [0.25, 0.3) is 0 Å². The first kappa shape index (κ1) is 19.5. The molecule has 0 fully saturated rings. The van der Waals surface area contributed by atoms with Crippen molar-refractivity contribution in [2.24, 2.45) is 0 Å². The zero-order valence-corrected chi connectivity index (χ0v) is 16.1. The van der Waals surface area contributed by atoms with Crippen LogP contribution in [0.3, 0.4) is 0 Å². The van der Waals surface area contributed by atoms with Crippen molar-refractivity contribution in [2.75, 3.05) is 0 Å². The summed E-state index contributed by atoms with van der Waals surface area (Å²) in [7, 11) is 0. The summed E-state index contributed by atoms with van der Waals surface area (Å²) in [6.45, 7) is 13.5. The Hall–Kier alpha value is -2.81. The lowest BCUT2D eigenvalue weighted by Gasteiger charge is -2.28. The minimum atomic E-state index is -0.419. The molecular weight excluding hydrogens is 324 g/mol. The summed E-state index contributed by atoms with van der Waals surface area (Å²) in [5, 5.41) is 0. The number of carbonyl (C=O) groups is 1. The third-order valence-electron chi connectivity index (χ3n) is 4.28. The van der Waals surface area contributed by atoms with E-state index in [1.165, 1.54) is 0 Å². The molecule has 0 atom stereocenters. The number of benzene rings is 2. The van der Waals surface area contributed by atoms with Crippen LogP contribution in [0.4, 0.5) is 0 Å². The van der Waals surface area contributed by atoms with Crippen molar-refractivity contribution < 1.29 is 14.3 Å². The van der Waals surface area contributed by atoms with E-state index in [1.807, 2.05) is 38.1 Å². The van der Waals surface area contributed by atoms with Crippen LogP contribution in [0.2, 0.25) is 0 Å². The fourth-order valence-electron chi connectivity index (χ4n) is 2.67. The number of carbonyl (C=O) groups excluding carboxylic acids is 1. The first-order chi connectivity index (χ1) is 12.3. The molecule has 3 heteroatoms. The van der Waals surface area contributed by atoms with Gasteiger partial charge in [0.15, 0.2) is 0 Å². The molecule has 0 aliphatic heterocycles. The van der Waals surface area contributed by atoms with E-state index in [2.05, 4.69) is 32.6 Å². The largest absolute Gasteiger partial charge is 0.465 e. The van der Waals surface area contributed by atoms with Gasteiger partial charge in [0, 0.05) is 16.6 Å². The molecule has 0 radical (unpaired) electrons. The quantitative estimate of drug-likeness (QED) is 0.289. The SMILES string of the molecule is C=C(C)C(=O)Oc1ccc(C(C)(C)c2ccc(C)cc2OC=CC)cc1. The van der Waals surface area contributed by atoms with Crippen LogP contribution in [0.1, 0.15) is 44.4 Å². The van der Waals surface area contributed by atoms with E-state index in [9.17, 15) is 4.79 Å². The molecule has 0 saturated heterocycles. The van der Waals surface area contributed by atoms with Crippen LogP contribution in [0, 0.1) is 6.92 Å². The van der Waals surface area contributed by atoms with Crippen LogP contribution < -0.4 is 9.47 Å². The van der Waals surface area contributed by atoms with Crippen LogP contribution in [0.15, 0.2) is 67.0 Å². The Labute approximate surface area is 156 Å². The minimum Gasteiger partial charge on any atom is -0.465 e. The van der Waals surface area contributed by atoms with Gasteiger partial charge in [-0.25, -0.2) is 4.79 Å². The molecule has 0 saturated carbocycles. The molecule has 0 heterocycles. The monoisotopic (exact) mass is 350 g/mol. The van der Waals surface area contributed by atoms with Crippen molar-refractivity contribution in [3.05, 3.63) is 83.6 Å². The lowest BCUT2D eigenvalue weighted by atomic mass is 9.77. The molecule has 0 aromatic heterocycles. The molecule has 0 amide bonds. The Morgan fingerprint density at radius 3 is 2.35 bits per heavy atom. The summed E-state index contributed by atoms with van der Waals surface area (Å²) in [6.07, 6.45) is 3.55. The first-order valence-electron chi connectivity index (χ1n) is 8.63. The Kier molecular flexibility index (Phi) is 6.04. The van der Waals surface area contributed by atoms with E-state index in [-0.39, 0.29) is 5.41 Å². The number of esters is 1. The summed E-state index contributed by atoms with van der Waals surface area (Å²) >= 11 is 0. The maximum atomic E-state index is 11.6. The Morgan fingerprint density at radius 2 is 1.77 bits per heavy atom. The number of allylic oxidation sites excluding steroid dienone is 1. The normalized spacial score (nSPS) is 11.4. The molecule has 136 valence electrons. The van der Waals surface area contributed by atoms with E-state index in [0.717, 1.165) is 22.4 Å². The molecule has 26 heavy (non-hydrogen) atoms. The van der Waals surface area contributed by atoms with E-state index >= 15 is 0 Å². The summed E-state index contributed by atoms with van der Waals surface area (Å²) < 4.78 is 11.1. The van der Waals surface area contributed by atoms with E-state index in [1.54, 1.807) is 25.3 Å². The number of rotatable bonds is 6. The number of aryl methyl sites for hydroxylation is 1. The van der Waals surface area contributed by atoms with Gasteiger partial charge in [0.05, 0.1) is 6.26 Å². The van der Waals surface area contributed by atoms with Gasteiger partial charge in [-0.05, 0) is 50.1 Å². The Bertz CT molecular complexity index is 827. The van der Waals surface area contributed by atoms with Crippen LogP contribution in [0.5, 0.6) is 11.5 Å². The molecule has 2 aromatic carbocycles.